The first kappa shape index (κ1) is 28.3. The van der Waals surface area contributed by atoms with E-state index in [4.69, 9.17) is 12.2 Å². The highest BCUT2D eigenvalue weighted by Crippen LogP contribution is 2.33. The van der Waals surface area contributed by atoms with Crippen molar-refractivity contribution in [2.45, 2.75) is 58.9 Å². The fourth-order valence-corrected chi connectivity index (χ4v) is 5.42. The van der Waals surface area contributed by atoms with Crippen molar-refractivity contribution in [2.24, 2.45) is 0 Å². The summed E-state index contributed by atoms with van der Waals surface area (Å²) in [5.41, 5.74) is 0.0394. The third-order valence-corrected chi connectivity index (χ3v) is 7.52. The van der Waals surface area contributed by atoms with Crippen molar-refractivity contribution in [3.63, 3.8) is 0 Å². The molecule has 1 aromatic carbocycles. The van der Waals surface area contributed by atoms with Gasteiger partial charge in [0, 0.05) is 19.5 Å². The van der Waals surface area contributed by atoms with Crippen molar-refractivity contribution in [3.05, 3.63) is 67.6 Å². The molecule has 0 spiro atoms. The molecule has 0 saturated carbocycles. The Morgan fingerprint density at radius 1 is 1.16 bits per heavy atom. The number of carbonyl (C=O) groups excluding carboxylic acids is 2. The summed E-state index contributed by atoms with van der Waals surface area (Å²) in [6.45, 7) is 3.95. The number of thiocarbonyl (C=S) groups is 1. The zero-order valence-electron chi connectivity index (χ0n) is 20.8. The Balaban J connectivity index is 1.71. The second-order valence-corrected chi connectivity index (χ2v) is 10.4. The molecule has 0 unspecified atom stereocenters. The van der Waals surface area contributed by atoms with Gasteiger partial charge in [0.2, 0.25) is 5.88 Å². The molecular formula is C27H28FN3O4S2. The number of thioether (sulfide) groups is 1. The standard InChI is InChI=1S/C27H28FN3O4S2/c1-3-4-5-6-13-30-24(33)20(16-29)17(2)23(26(30)35)21(32)8-7-14-31-25(34)22(37-27(31)36)15-18-9-11-19(28)12-10-18/h9-12,15,35H,3-8,13-14H2,1-2H3/b22-15-. The van der Waals surface area contributed by atoms with Crippen LogP contribution in [0.1, 0.15) is 72.5 Å². The van der Waals surface area contributed by atoms with Gasteiger partial charge < -0.3 is 5.11 Å². The van der Waals surface area contributed by atoms with E-state index in [0.717, 1.165) is 35.6 Å². The van der Waals surface area contributed by atoms with Gasteiger partial charge in [0.15, 0.2) is 5.78 Å². The minimum atomic E-state index is -0.601. The molecule has 1 aliphatic heterocycles. The first-order valence-electron chi connectivity index (χ1n) is 12.1. The van der Waals surface area contributed by atoms with Crippen molar-refractivity contribution < 1.29 is 19.1 Å². The summed E-state index contributed by atoms with van der Waals surface area (Å²) in [4.78, 5) is 40.4. The number of pyridine rings is 1. The lowest BCUT2D eigenvalue weighted by molar-refractivity contribution is -0.122. The predicted octanol–water partition coefficient (Wildman–Crippen LogP) is 5.32. The number of carbonyl (C=O) groups is 2. The molecule has 10 heteroatoms. The average Bonchev–Trinajstić information content (AvgIpc) is 3.12. The van der Waals surface area contributed by atoms with E-state index in [2.05, 4.69) is 6.92 Å². The van der Waals surface area contributed by atoms with Gasteiger partial charge in [-0.15, -0.1) is 0 Å². The third kappa shape index (κ3) is 6.53. The van der Waals surface area contributed by atoms with Crippen molar-refractivity contribution in [1.82, 2.24) is 9.47 Å². The smallest absolute Gasteiger partial charge is 0.271 e. The Bertz CT molecular complexity index is 1340. The Labute approximate surface area is 224 Å². The summed E-state index contributed by atoms with van der Waals surface area (Å²) in [6.07, 6.45) is 5.39. The van der Waals surface area contributed by atoms with E-state index in [1.807, 2.05) is 6.07 Å². The van der Waals surface area contributed by atoms with Crippen LogP contribution in [0, 0.1) is 24.1 Å². The number of amides is 1. The Morgan fingerprint density at radius 2 is 1.86 bits per heavy atom. The van der Waals surface area contributed by atoms with Gasteiger partial charge in [-0.2, -0.15) is 5.26 Å². The van der Waals surface area contributed by atoms with Crippen LogP contribution in [-0.4, -0.2) is 37.1 Å². The summed E-state index contributed by atoms with van der Waals surface area (Å²) in [5, 5.41) is 20.3. The number of rotatable bonds is 11. The molecule has 1 aliphatic rings. The number of hydrogen-bond donors (Lipinski definition) is 1. The molecule has 194 valence electrons. The zero-order chi connectivity index (χ0) is 27.1. The van der Waals surface area contributed by atoms with Crippen LogP contribution >= 0.6 is 24.0 Å². The molecule has 0 aliphatic carbocycles. The van der Waals surface area contributed by atoms with E-state index < -0.39 is 17.2 Å². The van der Waals surface area contributed by atoms with E-state index >= 15 is 0 Å². The second kappa shape index (κ2) is 12.8. The number of aromatic nitrogens is 1. The summed E-state index contributed by atoms with van der Waals surface area (Å²) in [7, 11) is 0. The first-order valence-corrected chi connectivity index (χ1v) is 13.3. The maximum absolute atomic E-state index is 13.1. The third-order valence-electron chi connectivity index (χ3n) is 6.14. The van der Waals surface area contributed by atoms with Gasteiger partial charge in [-0.1, -0.05) is 62.3 Å². The molecule has 2 heterocycles. The highest BCUT2D eigenvalue weighted by molar-refractivity contribution is 8.26. The van der Waals surface area contributed by atoms with Gasteiger partial charge in [0.25, 0.3) is 11.5 Å². The number of unbranched alkanes of at least 4 members (excludes halogenated alkanes) is 3. The lowest BCUT2D eigenvalue weighted by Crippen LogP contribution is -2.30. The molecule has 2 aromatic rings. The molecule has 0 radical (unpaired) electrons. The quantitative estimate of drug-likeness (QED) is 0.178. The number of halogens is 1. The lowest BCUT2D eigenvalue weighted by atomic mass is 9.99. The Kier molecular flexibility index (Phi) is 9.78. The molecule has 7 nitrogen and oxygen atoms in total. The van der Waals surface area contributed by atoms with Crippen LogP contribution in [0.2, 0.25) is 0 Å². The molecule has 1 aromatic heterocycles. The van der Waals surface area contributed by atoms with Gasteiger partial charge in [0.05, 0.1) is 10.5 Å². The number of benzene rings is 1. The van der Waals surface area contributed by atoms with E-state index in [1.165, 1.54) is 24.0 Å². The fraction of sp³-hybridized carbons (Fsp3) is 0.370. The number of nitrogens with zero attached hydrogens (tertiary/aromatic N) is 3. The zero-order valence-corrected chi connectivity index (χ0v) is 22.4. The van der Waals surface area contributed by atoms with Crippen LogP contribution in [0.5, 0.6) is 5.88 Å². The van der Waals surface area contributed by atoms with E-state index in [9.17, 15) is 29.1 Å². The molecule has 0 atom stereocenters. The number of ketones is 1. The highest BCUT2D eigenvalue weighted by atomic mass is 32.2. The monoisotopic (exact) mass is 541 g/mol. The molecule has 1 saturated heterocycles. The maximum atomic E-state index is 13.1. The number of hydrogen-bond acceptors (Lipinski definition) is 7. The van der Waals surface area contributed by atoms with Crippen LogP contribution in [-0.2, 0) is 11.3 Å². The van der Waals surface area contributed by atoms with Gasteiger partial charge >= 0.3 is 0 Å². The van der Waals surface area contributed by atoms with Crippen LogP contribution in [0.3, 0.4) is 0 Å². The minimum Gasteiger partial charge on any atom is -0.494 e. The number of aromatic hydroxyl groups is 1. The van der Waals surface area contributed by atoms with Crippen LogP contribution < -0.4 is 5.56 Å². The van der Waals surface area contributed by atoms with Crippen molar-refractivity contribution in [2.75, 3.05) is 6.54 Å². The lowest BCUT2D eigenvalue weighted by Gasteiger charge is -2.17. The SMILES string of the molecule is CCCCCCn1c(O)c(C(=O)CCCN2C(=O)/C(=C/c3ccc(F)cc3)SC2=S)c(C)c(C#N)c1=O. The van der Waals surface area contributed by atoms with E-state index in [-0.39, 0.29) is 54.3 Å². The fourth-order valence-electron chi connectivity index (χ4n) is 4.11. The summed E-state index contributed by atoms with van der Waals surface area (Å²) >= 11 is 6.47. The van der Waals surface area contributed by atoms with E-state index in [0.29, 0.717) is 21.2 Å². The second-order valence-electron chi connectivity index (χ2n) is 8.74. The molecule has 3 rings (SSSR count). The summed E-state index contributed by atoms with van der Waals surface area (Å²) in [5.74, 6) is -1.50. The Hall–Kier alpha value is -3.29. The summed E-state index contributed by atoms with van der Waals surface area (Å²) < 4.78 is 14.6. The minimum absolute atomic E-state index is 0.0125. The molecular weight excluding hydrogens is 513 g/mol. The predicted molar refractivity (Wildman–Crippen MR) is 146 cm³/mol. The van der Waals surface area contributed by atoms with Gasteiger partial charge in [-0.3, -0.25) is 23.9 Å². The van der Waals surface area contributed by atoms with Crippen molar-refractivity contribution in [1.29, 1.82) is 5.26 Å². The van der Waals surface area contributed by atoms with Crippen LogP contribution in [0.15, 0.2) is 34.0 Å². The van der Waals surface area contributed by atoms with Gasteiger partial charge in [-0.25, -0.2) is 4.39 Å². The van der Waals surface area contributed by atoms with E-state index in [1.54, 1.807) is 18.2 Å². The topological polar surface area (TPSA) is 103 Å². The highest BCUT2D eigenvalue weighted by Gasteiger charge is 2.32. The van der Waals surface area contributed by atoms with Crippen LogP contribution in [0.4, 0.5) is 4.39 Å². The Morgan fingerprint density at radius 3 is 2.51 bits per heavy atom. The molecule has 1 N–H and O–H groups in total. The summed E-state index contributed by atoms with van der Waals surface area (Å²) in [6, 6.07) is 7.61. The molecule has 37 heavy (non-hydrogen) atoms. The molecule has 0 bridgehead atoms. The molecule has 1 fully saturated rings. The number of nitriles is 1. The van der Waals surface area contributed by atoms with Crippen LogP contribution in [0.25, 0.3) is 6.08 Å². The average molecular weight is 542 g/mol. The maximum Gasteiger partial charge on any atom is 0.271 e. The first-order chi connectivity index (χ1) is 17.7. The van der Waals surface area contributed by atoms with Crippen molar-refractivity contribution in [3.8, 4) is 11.9 Å². The normalized spacial score (nSPS) is 14.4. The van der Waals surface area contributed by atoms with Gasteiger partial charge in [-0.05, 0) is 49.1 Å². The largest absolute Gasteiger partial charge is 0.494 e. The van der Waals surface area contributed by atoms with Gasteiger partial charge in [0.1, 0.15) is 21.8 Å². The van der Waals surface area contributed by atoms with Crippen molar-refractivity contribution >= 4 is 46.1 Å². The molecule has 1 amide bonds. The number of Topliss-reactive ketones (excluding diaryl/α,β-unsaturated/α-hetero) is 1.